The van der Waals surface area contributed by atoms with Gasteiger partial charge in [-0.1, -0.05) is 153 Å². The summed E-state index contributed by atoms with van der Waals surface area (Å²) in [4.78, 5) is 14.9. The number of thiophene rings is 1. The molecule has 15 heteroatoms. The van der Waals surface area contributed by atoms with Crippen LogP contribution >= 0.6 is 11.3 Å². The first kappa shape index (κ1) is 39.9. The molecule has 9 rings (SSSR count). The highest BCUT2D eigenvalue weighted by atomic mass is 32.1. The Morgan fingerprint density at radius 3 is 1.10 bits per heavy atom. The summed E-state index contributed by atoms with van der Waals surface area (Å²) < 4.78 is 1.05. The molecule has 2 heterocycles. The van der Waals surface area contributed by atoms with Gasteiger partial charge in [-0.05, 0) is 44.2 Å². The molecule has 0 aliphatic carbocycles. The van der Waals surface area contributed by atoms with Crippen LogP contribution in [0.4, 0.5) is 0 Å². The Bertz CT molecular complexity index is 3090. The maximum absolute atomic E-state index is 7.12. The predicted molar refractivity (Wildman–Crippen MR) is 265 cm³/mol. The highest BCUT2D eigenvalue weighted by molar-refractivity contribution is 7.28. The van der Waals surface area contributed by atoms with Crippen molar-refractivity contribution in [1.82, 2.24) is 15.0 Å². The average Bonchev–Trinajstić information content (AvgIpc) is 3.69. The van der Waals surface area contributed by atoms with Crippen molar-refractivity contribution < 1.29 is 0 Å². The van der Waals surface area contributed by atoms with E-state index in [0.717, 1.165) is 33.4 Å². The van der Waals surface area contributed by atoms with Gasteiger partial charge in [-0.3, -0.25) is 0 Å². The first-order chi connectivity index (χ1) is 28.8. The van der Waals surface area contributed by atoms with Gasteiger partial charge in [-0.2, -0.15) is 0 Å². The quantitative estimate of drug-likeness (QED) is 0.205. The molecule has 0 bridgehead atoms. The smallest absolute Gasteiger partial charge is 0.164 e. The minimum atomic E-state index is 0.0139. The molecule has 0 amide bonds. The van der Waals surface area contributed by atoms with Crippen LogP contribution in [0.2, 0.25) is 0 Å². The van der Waals surface area contributed by atoms with E-state index in [1.807, 2.05) is 109 Å². The number of fused-ring (bicyclic) bond motifs is 3. The predicted octanol–water partition coefficient (Wildman–Crippen LogP) is -1.03. The van der Waals surface area contributed by atoms with Gasteiger partial charge in [0.15, 0.2) is 17.5 Å². The molecule has 0 atom stereocenters. The number of nitrogens with zero attached hydrogens (tertiary/aromatic N) is 3. The van der Waals surface area contributed by atoms with Gasteiger partial charge in [-0.25, -0.2) is 15.0 Å². The van der Waals surface area contributed by atoms with E-state index in [1.54, 1.807) is 0 Å². The SMILES string of the molecule is [B]c1c([B])c(-c2nc(-c3ccc(-c4ccccc4)cc3)nc(-c3ccc(-c4ccccc4)cc3)n2)c([B])c(-c2c([B])c([B])c3c(sc4c([B])c([B])c([B])c([B])c43)c2[B])c1[B]. The Balaban J connectivity index is 1.27. The fourth-order valence-electron chi connectivity index (χ4n) is 7.64. The number of benzene rings is 7. The van der Waals surface area contributed by atoms with Crippen molar-refractivity contribution >= 4 is 178 Å². The third kappa shape index (κ3) is 6.48. The molecule has 9 aromatic rings. The van der Waals surface area contributed by atoms with E-state index in [4.69, 9.17) is 101 Å². The molecule has 0 spiro atoms. The van der Waals surface area contributed by atoms with Gasteiger partial charge in [-0.15, -0.1) is 27.7 Å². The summed E-state index contributed by atoms with van der Waals surface area (Å²) in [6.07, 6.45) is 0. The Labute approximate surface area is 367 Å². The standard InChI is InChI=1S/C45H18B11N3S/c46-30-25(26-31(47)33(49)27-28-34(50)38(54)39(55)40(56)42(28)60-41(27)36(26)52)32(48)37(53)35(51)29(30)45-58-43(23-15-11-21(12-16-23)19-7-3-1-4-8-19)57-44(59-45)24-17-13-22(14-18-24)20-9-5-2-6-10-20/h1-18H. The van der Waals surface area contributed by atoms with E-state index < -0.39 is 0 Å². The van der Waals surface area contributed by atoms with Gasteiger partial charge in [0.1, 0.15) is 86.3 Å². The molecule has 22 radical (unpaired) electrons. The molecule has 7 aromatic carbocycles. The second-order valence-corrected chi connectivity index (χ2v) is 15.4. The van der Waals surface area contributed by atoms with E-state index in [0.29, 0.717) is 31.8 Å². The van der Waals surface area contributed by atoms with Gasteiger partial charge in [0.05, 0.1) is 0 Å². The number of rotatable bonds is 6. The van der Waals surface area contributed by atoms with Crippen molar-refractivity contribution in [2.45, 2.75) is 0 Å². The van der Waals surface area contributed by atoms with E-state index in [-0.39, 0.29) is 82.6 Å². The van der Waals surface area contributed by atoms with Crippen LogP contribution in [0.1, 0.15) is 0 Å². The maximum atomic E-state index is 7.12. The molecule has 0 fully saturated rings. The summed E-state index contributed by atoms with van der Waals surface area (Å²) in [6, 6.07) is 35.9. The van der Waals surface area contributed by atoms with Crippen LogP contribution < -0.4 is 60.1 Å². The fourth-order valence-corrected chi connectivity index (χ4v) is 8.90. The third-order valence-electron chi connectivity index (χ3n) is 10.9. The molecule has 0 unspecified atom stereocenters. The summed E-state index contributed by atoms with van der Waals surface area (Å²) >= 11 is 1.23. The number of aromatic nitrogens is 3. The van der Waals surface area contributed by atoms with E-state index >= 15 is 0 Å². The zero-order valence-corrected chi connectivity index (χ0v) is 32.8. The molecular weight excluding hydrogens is 734 g/mol. The van der Waals surface area contributed by atoms with Crippen LogP contribution in [0.15, 0.2) is 109 Å². The van der Waals surface area contributed by atoms with E-state index in [1.165, 1.54) is 11.3 Å². The summed E-state index contributed by atoms with van der Waals surface area (Å²) in [5, 5.41) is 0.952. The van der Waals surface area contributed by atoms with Crippen LogP contribution in [0, 0.1) is 0 Å². The number of hydrogen-bond acceptors (Lipinski definition) is 4. The summed E-state index contributed by atoms with van der Waals surface area (Å²) in [5.41, 5.74) is 7.52. The minimum absolute atomic E-state index is 0.0139. The second kappa shape index (κ2) is 15.5. The van der Waals surface area contributed by atoms with Crippen LogP contribution in [0.25, 0.3) is 87.7 Å². The molecule has 2 aromatic heterocycles. The van der Waals surface area contributed by atoms with Crippen molar-refractivity contribution in [1.29, 1.82) is 0 Å². The molecule has 3 nitrogen and oxygen atoms in total. The lowest BCUT2D eigenvalue weighted by Gasteiger charge is -2.26. The molecular formula is C45H18B11N3S. The lowest BCUT2D eigenvalue weighted by Crippen LogP contribution is -2.48. The second-order valence-electron chi connectivity index (χ2n) is 14.4. The van der Waals surface area contributed by atoms with Crippen molar-refractivity contribution in [2.75, 3.05) is 0 Å². The van der Waals surface area contributed by atoms with Gasteiger partial charge < -0.3 is 0 Å². The summed E-state index contributed by atoms with van der Waals surface area (Å²) in [7, 11) is 73.4. The molecule has 0 aliphatic heterocycles. The average molecular weight is 752 g/mol. The molecule has 0 N–H and O–H groups in total. The monoisotopic (exact) mass is 753 g/mol. The van der Waals surface area contributed by atoms with Gasteiger partial charge in [0, 0.05) is 26.1 Å². The lowest BCUT2D eigenvalue weighted by molar-refractivity contribution is 1.08. The lowest BCUT2D eigenvalue weighted by atomic mass is 9.59. The summed E-state index contributed by atoms with van der Waals surface area (Å²) in [6.45, 7) is 0. The van der Waals surface area contributed by atoms with Crippen molar-refractivity contribution in [2.24, 2.45) is 0 Å². The Morgan fingerprint density at radius 1 is 0.267 bits per heavy atom. The molecule has 0 saturated heterocycles. The topological polar surface area (TPSA) is 38.7 Å². The highest BCUT2D eigenvalue weighted by Gasteiger charge is 2.25. The number of hydrogen-bond donors (Lipinski definition) is 0. The Morgan fingerprint density at radius 2 is 0.600 bits per heavy atom. The van der Waals surface area contributed by atoms with Gasteiger partial charge >= 0.3 is 0 Å². The van der Waals surface area contributed by atoms with E-state index in [2.05, 4.69) is 0 Å². The van der Waals surface area contributed by atoms with Crippen molar-refractivity contribution in [3.8, 4) is 67.5 Å². The molecule has 0 aliphatic rings. The summed E-state index contributed by atoms with van der Waals surface area (Å²) in [5.74, 6) is 0.860. The molecule has 60 heavy (non-hydrogen) atoms. The van der Waals surface area contributed by atoms with Crippen molar-refractivity contribution in [3.63, 3.8) is 0 Å². The maximum Gasteiger partial charge on any atom is 0.164 e. The molecule has 0 saturated carbocycles. The Kier molecular flexibility index (Phi) is 10.3. The van der Waals surface area contributed by atoms with Crippen LogP contribution in [0.5, 0.6) is 0 Å². The largest absolute Gasteiger partial charge is 0.208 e. The van der Waals surface area contributed by atoms with Crippen LogP contribution in [-0.2, 0) is 0 Å². The highest BCUT2D eigenvalue weighted by Crippen LogP contribution is 2.32. The Hall–Kier alpha value is -5.52. The van der Waals surface area contributed by atoms with Crippen molar-refractivity contribution in [3.05, 3.63) is 109 Å². The van der Waals surface area contributed by atoms with Gasteiger partial charge in [0.25, 0.3) is 0 Å². The minimum Gasteiger partial charge on any atom is -0.208 e. The zero-order chi connectivity index (χ0) is 42.1. The first-order valence-electron chi connectivity index (χ1n) is 18.6. The first-order valence-corrected chi connectivity index (χ1v) is 19.5. The normalized spacial score (nSPS) is 11.4. The fraction of sp³-hybridized carbons (Fsp3) is 0. The third-order valence-corrected chi connectivity index (χ3v) is 12.2. The van der Waals surface area contributed by atoms with Crippen LogP contribution in [0.3, 0.4) is 0 Å². The van der Waals surface area contributed by atoms with Crippen LogP contribution in [-0.4, -0.2) is 101 Å². The molecule has 252 valence electrons. The van der Waals surface area contributed by atoms with Gasteiger partial charge in [0.2, 0.25) is 0 Å². The zero-order valence-electron chi connectivity index (χ0n) is 32.0. The van der Waals surface area contributed by atoms with E-state index in [9.17, 15) is 0 Å².